The highest BCUT2D eigenvalue weighted by Crippen LogP contribution is 2.26. The molecule has 3 aliphatic rings. The minimum atomic E-state index is 0.121. The summed E-state index contributed by atoms with van der Waals surface area (Å²) in [4.78, 5) is 29.4. The number of nitrogens with zero attached hydrogens (tertiary/aromatic N) is 2. The lowest BCUT2D eigenvalue weighted by molar-refractivity contribution is -0.137. The Hall–Kier alpha value is -1.36. The van der Waals surface area contributed by atoms with E-state index in [0.717, 1.165) is 51.7 Å². The van der Waals surface area contributed by atoms with Crippen LogP contribution < -0.4 is 5.32 Å². The van der Waals surface area contributed by atoms with Gasteiger partial charge in [-0.05, 0) is 45.1 Å². The molecule has 2 aliphatic heterocycles. The zero-order valence-corrected chi connectivity index (χ0v) is 16.1. The van der Waals surface area contributed by atoms with Crippen LogP contribution in [-0.2, 0) is 9.59 Å². The molecule has 0 aromatic carbocycles. The smallest absolute Gasteiger partial charge is 0.234 e. The Kier molecular flexibility index (Phi) is 7.12. The van der Waals surface area contributed by atoms with E-state index >= 15 is 0 Å². The summed E-state index contributed by atoms with van der Waals surface area (Å²) in [6.07, 6.45) is 13.1. The summed E-state index contributed by atoms with van der Waals surface area (Å²) in [5.74, 6) is 0.734. The number of carbonyl (C=O) groups is 2. The van der Waals surface area contributed by atoms with Crippen molar-refractivity contribution in [1.29, 1.82) is 0 Å². The molecule has 0 aromatic heterocycles. The largest absolute Gasteiger partial charge is 0.352 e. The third-order valence-electron chi connectivity index (χ3n) is 6.41. The fourth-order valence-electron chi connectivity index (χ4n) is 4.79. The molecule has 1 aliphatic carbocycles. The second-order valence-corrected chi connectivity index (χ2v) is 8.27. The van der Waals surface area contributed by atoms with Gasteiger partial charge in [0.25, 0.3) is 0 Å². The number of hydrogen-bond donors (Lipinski definition) is 1. The third-order valence-corrected chi connectivity index (χ3v) is 6.41. The lowest BCUT2D eigenvalue weighted by atomic mass is 9.87. The first-order valence-corrected chi connectivity index (χ1v) is 10.6. The molecule has 0 radical (unpaired) electrons. The topological polar surface area (TPSA) is 52.7 Å². The van der Waals surface area contributed by atoms with E-state index in [1.54, 1.807) is 0 Å². The van der Waals surface area contributed by atoms with Crippen molar-refractivity contribution in [1.82, 2.24) is 15.1 Å². The lowest BCUT2D eigenvalue weighted by Crippen LogP contribution is -2.51. The van der Waals surface area contributed by atoms with Gasteiger partial charge in [0.15, 0.2) is 0 Å². The molecule has 3 rings (SSSR count). The van der Waals surface area contributed by atoms with E-state index in [0.29, 0.717) is 18.5 Å². The van der Waals surface area contributed by atoms with E-state index < -0.39 is 0 Å². The fraction of sp³-hybridized carbons (Fsp3) is 0.810. The van der Waals surface area contributed by atoms with Crippen LogP contribution in [0, 0.1) is 5.92 Å². The summed E-state index contributed by atoms with van der Waals surface area (Å²) in [6.45, 7) is 6.95. The predicted molar refractivity (Wildman–Crippen MR) is 104 cm³/mol. The van der Waals surface area contributed by atoms with Crippen LogP contribution in [0.4, 0.5) is 0 Å². The SMILES string of the molecule is C=CC1CCCCN1CC(=O)NC1CCN(C(=O)C2CCCCC2)CC1. The number of amides is 2. The second kappa shape index (κ2) is 9.54. The Bertz CT molecular complexity index is 493. The van der Waals surface area contributed by atoms with Crippen molar-refractivity contribution in [3.05, 3.63) is 12.7 Å². The summed E-state index contributed by atoms with van der Waals surface area (Å²) in [6, 6.07) is 0.550. The van der Waals surface area contributed by atoms with Crippen molar-refractivity contribution < 1.29 is 9.59 Å². The van der Waals surface area contributed by atoms with Crippen LogP contribution in [-0.4, -0.2) is 59.9 Å². The van der Waals surface area contributed by atoms with Crippen molar-refractivity contribution in [2.45, 2.75) is 76.3 Å². The maximum absolute atomic E-state index is 12.6. The van der Waals surface area contributed by atoms with Crippen LogP contribution in [0.15, 0.2) is 12.7 Å². The van der Waals surface area contributed by atoms with Crippen LogP contribution in [0.2, 0.25) is 0 Å². The molecule has 0 spiro atoms. The minimum Gasteiger partial charge on any atom is -0.352 e. The minimum absolute atomic E-state index is 0.121. The third kappa shape index (κ3) is 5.09. The molecule has 2 amide bonds. The first-order chi connectivity index (χ1) is 12.7. The van der Waals surface area contributed by atoms with Crippen LogP contribution >= 0.6 is 0 Å². The van der Waals surface area contributed by atoms with E-state index in [1.807, 2.05) is 11.0 Å². The Labute approximate surface area is 158 Å². The van der Waals surface area contributed by atoms with Gasteiger partial charge in [-0.3, -0.25) is 14.5 Å². The zero-order valence-electron chi connectivity index (χ0n) is 16.1. The van der Waals surface area contributed by atoms with Crippen molar-refractivity contribution in [2.24, 2.45) is 5.92 Å². The van der Waals surface area contributed by atoms with Crippen molar-refractivity contribution >= 4 is 11.8 Å². The summed E-state index contributed by atoms with van der Waals surface area (Å²) < 4.78 is 0. The average Bonchev–Trinajstić information content (AvgIpc) is 2.69. The molecule has 2 saturated heterocycles. The standard InChI is InChI=1S/C21H35N3O2/c1-2-19-10-6-7-13-24(19)16-20(25)22-18-11-14-23(15-12-18)21(26)17-8-4-3-5-9-17/h2,17-19H,1,3-16H2,(H,22,25). The van der Waals surface area contributed by atoms with E-state index in [4.69, 9.17) is 0 Å². The van der Waals surface area contributed by atoms with Gasteiger partial charge in [0.1, 0.15) is 0 Å². The van der Waals surface area contributed by atoms with Gasteiger partial charge in [-0.2, -0.15) is 0 Å². The first-order valence-electron chi connectivity index (χ1n) is 10.6. The highest BCUT2D eigenvalue weighted by molar-refractivity contribution is 5.79. The monoisotopic (exact) mass is 361 g/mol. The van der Waals surface area contributed by atoms with Gasteiger partial charge in [0, 0.05) is 31.1 Å². The normalized spacial score (nSPS) is 26.5. The van der Waals surface area contributed by atoms with E-state index in [-0.39, 0.29) is 17.9 Å². The zero-order chi connectivity index (χ0) is 18.4. The molecule has 1 unspecified atom stereocenters. The Morgan fingerprint density at radius 2 is 1.62 bits per heavy atom. The molecule has 5 heteroatoms. The molecular formula is C21H35N3O2. The van der Waals surface area contributed by atoms with Crippen LogP contribution in [0.25, 0.3) is 0 Å². The van der Waals surface area contributed by atoms with Gasteiger partial charge >= 0.3 is 0 Å². The maximum atomic E-state index is 12.6. The van der Waals surface area contributed by atoms with Gasteiger partial charge in [-0.15, -0.1) is 6.58 Å². The molecule has 26 heavy (non-hydrogen) atoms. The molecule has 5 nitrogen and oxygen atoms in total. The van der Waals surface area contributed by atoms with Crippen LogP contribution in [0.3, 0.4) is 0 Å². The van der Waals surface area contributed by atoms with Crippen molar-refractivity contribution in [2.75, 3.05) is 26.2 Å². The molecule has 146 valence electrons. The number of nitrogens with one attached hydrogen (secondary N) is 1. The molecule has 1 atom stereocenters. The molecule has 0 aromatic rings. The molecule has 2 heterocycles. The van der Waals surface area contributed by atoms with E-state index in [2.05, 4.69) is 16.8 Å². The second-order valence-electron chi connectivity index (χ2n) is 8.27. The number of rotatable bonds is 5. The number of likely N-dealkylation sites (tertiary alicyclic amines) is 2. The Morgan fingerprint density at radius 1 is 0.923 bits per heavy atom. The molecule has 1 N–H and O–H groups in total. The number of piperidine rings is 2. The number of hydrogen-bond acceptors (Lipinski definition) is 3. The summed E-state index contributed by atoms with van der Waals surface area (Å²) >= 11 is 0. The van der Waals surface area contributed by atoms with Gasteiger partial charge < -0.3 is 10.2 Å². The Morgan fingerprint density at radius 3 is 2.31 bits per heavy atom. The van der Waals surface area contributed by atoms with Crippen LogP contribution in [0.1, 0.15) is 64.2 Å². The highest BCUT2D eigenvalue weighted by atomic mass is 16.2. The Balaban J connectivity index is 1.39. The summed E-state index contributed by atoms with van der Waals surface area (Å²) in [5.41, 5.74) is 0. The molecule has 3 fully saturated rings. The maximum Gasteiger partial charge on any atom is 0.234 e. The molecular weight excluding hydrogens is 326 g/mol. The van der Waals surface area contributed by atoms with Gasteiger partial charge in [-0.1, -0.05) is 31.8 Å². The molecule has 0 bridgehead atoms. The summed E-state index contributed by atoms with van der Waals surface area (Å²) in [7, 11) is 0. The van der Waals surface area contributed by atoms with E-state index in [1.165, 1.54) is 32.1 Å². The van der Waals surface area contributed by atoms with E-state index in [9.17, 15) is 9.59 Å². The first kappa shape index (κ1) is 19.4. The van der Waals surface area contributed by atoms with Crippen molar-refractivity contribution in [3.63, 3.8) is 0 Å². The highest BCUT2D eigenvalue weighted by Gasteiger charge is 2.30. The predicted octanol–water partition coefficient (Wildman–Crippen LogP) is 2.71. The lowest BCUT2D eigenvalue weighted by Gasteiger charge is -2.36. The van der Waals surface area contributed by atoms with Gasteiger partial charge in [0.05, 0.1) is 6.54 Å². The van der Waals surface area contributed by atoms with Gasteiger partial charge in [0.2, 0.25) is 11.8 Å². The van der Waals surface area contributed by atoms with Crippen LogP contribution in [0.5, 0.6) is 0 Å². The van der Waals surface area contributed by atoms with Gasteiger partial charge in [-0.25, -0.2) is 0 Å². The van der Waals surface area contributed by atoms with Crippen molar-refractivity contribution in [3.8, 4) is 0 Å². The average molecular weight is 362 g/mol. The summed E-state index contributed by atoms with van der Waals surface area (Å²) in [5, 5.41) is 3.20. The fourth-order valence-corrected chi connectivity index (χ4v) is 4.79. The number of carbonyl (C=O) groups excluding carboxylic acids is 2. The molecule has 1 saturated carbocycles. The quantitative estimate of drug-likeness (QED) is 0.766.